The van der Waals surface area contributed by atoms with Crippen LogP contribution in [0.25, 0.3) is 20.8 Å². The van der Waals surface area contributed by atoms with E-state index in [0.29, 0.717) is 22.2 Å². The van der Waals surface area contributed by atoms with Crippen LogP contribution >= 0.6 is 11.3 Å². The monoisotopic (exact) mass is 657 g/mol. The Balaban J connectivity index is 1.24. The molecule has 2 bridgehead atoms. The Hall–Kier alpha value is -3.86. The van der Waals surface area contributed by atoms with E-state index >= 15 is 4.39 Å². The van der Waals surface area contributed by atoms with Gasteiger partial charge in [-0.1, -0.05) is 17.3 Å². The van der Waals surface area contributed by atoms with Crippen molar-refractivity contribution in [1.29, 1.82) is 0 Å². The number of hydrogen-bond donors (Lipinski definition) is 2. The zero-order valence-corrected chi connectivity index (χ0v) is 24.9. The number of piperidine rings is 1. The zero-order valence-electron chi connectivity index (χ0n) is 24.1. The van der Waals surface area contributed by atoms with Crippen LogP contribution in [-0.4, -0.2) is 81.3 Å². The van der Waals surface area contributed by atoms with Gasteiger partial charge < -0.3 is 19.9 Å². The quantitative estimate of drug-likeness (QED) is 0.220. The second-order valence-corrected chi connectivity index (χ2v) is 12.2. The van der Waals surface area contributed by atoms with Gasteiger partial charge in [0.2, 0.25) is 17.6 Å². The topological polar surface area (TPSA) is 110 Å². The van der Waals surface area contributed by atoms with E-state index in [0.717, 1.165) is 24.2 Å². The first kappa shape index (κ1) is 31.1. The first-order valence-electron chi connectivity index (χ1n) is 14.2. The number of rotatable bonds is 10. The van der Waals surface area contributed by atoms with Crippen LogP contribution < -0.4 is 15.4 Å². The fourth-order valence-electron chi connectivity index (χ4n) is 6.12. The molecule has 0 unspecified atom stereocenters. The molecule has 2 saturated heterocycles. The number of carbonyl (C=O) groups is 1. The van der Waals surface area contributed by atoms with Crippen molar-refractivity contribution >= 4 is 33.0 Å². The number of thiophene rings is 1. The van der Waals surface area contributed by atoms with E-state index in [1.54, 1.807) is 18.2 Å². The number of ether oxygens (including phenoxy) is 1. The number of aryl methyl sites for hydroxylation is 1. The smallest absolute Gasteiger partial charge is 0.393 e. The third-order valence-electron chi connectivity index (χ3n) is 8.17. The number of anilines is 1. The highest BCUT2D eigenvalue weighted by Crippen LogP contribution is 2.45. The summed E-state index contributed by atoms with van der Waals surface area (Å²) in [5.41, 5.74) is 0.378. The minimum absolute atomic E-state index is 0.0426. The number of nitrogens with zero attached hydrogens (tertiary/aromatic N) is 5. The predicted octanol–water partition coefficient (Wildman–Crippen LogP) is 5.35. The third-order valence-corrected chi connectivity index (χ3v) is 9.44. The minimum atomic E-state index is -4.54. The average Bonchev–Trinajstić information content (AvgIpc) is 3.74. The van der Waals surface area contributed by atoms with Crippen LogP contribution in [0.4, 0.5) is 32.0 Å². The third kappa shape index (κ3) is 6.45. The SMILES string of the molecule is CN1[C@@H]2CC[C@H]1[C@H](F)[C@H](Nc1cccc3c(CC(F)(F)F)c(-c4noc(CNC(=O)c5cn(C)nc5OCC(F)F)n4)sc13)C2. The van der Waals surface area contributed by atoms with Crippen LogP contribution in [0.5, 0.6) is 5.88 Å². The highest BCUT2D eigenvalue weighted by atomic mass is 32.1. The van der Waals surface area contributed by atoms with E-state index < -0.39 is 43.8 Å². The lowest BCUT2D eigenvalue weighted by atomic mass is 9.95. The molecule has 1 aromatic carbocycles. The summed E-state index contributed by atoms with van der Waals surface area (Å²) in [5, 5.41) is 13.9. The van der Waals surface area contributed by atoms with E-state index in [1.165, 1.54) is 17.9 Å². The fraction of sp³-hybridized carbons (Fsp3) is 0.500. The lowest BCUT2D eigenvalue weighted by molar-refractivity contribution is -0.126. The molecular weight excluding hydrogens is 628 g/mol. The highest BCUT2D eigenvalue weighted by Gasteiger charge is 2.46. The summed E-state index contributed by atoms with van der Waals surface area (Å²) in [4.78, 5) is 19.1. The van der Waals surface area contributed by atoms with Gasteiger partial charge in [-0.05, 0) is 43.3 Å². The van der Waals surface area contributed by atoms with Gasteiger partial charge in [0.1, 0.15) is 11.7 Å². The molecule has 10 nitrogen and oxygen atoms in total. The van der Waals surface area contributed by atoms with E-state index in [-0.39, 0.29) is 52.2 Å². The molecule has 45 heavy (non-hydrogen) atoms. The Labute approximate surface area is 256 Å². The van der Waals surface area contributed by atoms with Gasteiger partial charge in [0.25, 0.3) is 12.3 Å². The number of carbonyl (C=O) groups excluding carboxylic acids is 1. The second-order valence-electron chi connectivity index (χ2n) is 11.2. The molecule has 2 N–H and O–H groups in total. The van der Waals surface area contributed by atoms with Crippen LogP contribution in [0.3, 0.4) is 0 Å². The van der Waals surface area contributed by atoms with E-state index in [1.807, 2.05) is 7.05 Å². The second kappa shape index (κ2) is 12.2. The van der Waals surface area contributed by atoms with Gasteiger partial charge in [0.15, 0.2) is 6.61 Å². The lowest BCUT2D eigenvalue weighted by Gasteiger charge is -2.39. The number of halogens is 6. The summed E-state index contributed by atoms with van der Waals surface area (Å²) in [6, 6.07) is 4.49. The van der Waals surface area contributed by atoms with Crippen molar-refractivity contribution in [2.75, 3.05) is 19.0 Å². The standard InChI is InChI=1S/C28H29F6N7O3S/c1-40-11-16(27(38-40)43-12-20(29)30)26(42)35-10-21-37-25(39-44-21)24-15(9-28(32,33)34)14-4-3-5-17(23(14)45-24)36-18-8-13-6-7-19(22(18)31)41(13)2/h3-5,11,13,18-20,22,36H,6-10,12H2,1-2H3,(H,35,42)/t13-,18-,19+,22-/m1/s1. The van der Waals surface area contributed by atoms with Crippen molar-refractivity contribution in [1.82, 2.24) is 30.1 Å². The molecule has 17 heteroatoms. The Kier molecular flexibility index (Phi) is 8.41. The summed E-state index contributed by atoms with van der Waals surface area (Å²) in [7, 11) is 3.40. The number of alkyl halides is 6. The molecule has 0 spiro atoms. The molecule has 4 atom stereocenters. The summed E-state index contributed by atoms with van der Waals surface area (Å²) < 4.78 is 93.8. The number of amides is 1. The largest absolute Gasteiger partial charge is 0.470 e. The number of fused-ring (bicyclic) bond motifs is 3. The molecule has 242 valence electrons. The summed E-state index contributed by atoms with van der Waals surface area (Å²) in [6.07, 6.45) is -6.17. The Morgan fingerprint density at radius 1 is 1.24 bits per heavy atom. The predicted molar refractivity (Wildman–Crippen MR) is 152 cm³/mol. The van der Waals surface area contributed by atoms with Gasteiger partial charge in [-0.25, -0.2) is 13.2 Å². The molecule has 0 saturated carbocycles. The molecule has 0 aliphatic carbocycles. The number of benzene rings is 1. The molecule has 5 heterocycles. The van der Waals surface area contributed by atoms with Crippen molar-refractivity contribution in [2.45, 2.75) is 69.1 Å². The van der Waals surface area contributed by atoms with Crippen LogP contribution in [0, 0.1) is 0 Å². The Morgan fingerprint density at radius 3 is 2.80 bits per heavy atom. The van der Waals surface area contributed by atoms with E-state index in [2.05, 4.69) is 30.8 Å². The molecule has 1 amide bonds. The van der Waals surface area contributed by atoms with Crippen LogP contribution in [-0.2, 0) is 20.0 Å². The number of aromatic nitrogens is 4. The van der Waals surface area contributed by atoms with Crippen molar-refractivity contribution in [2.24, 2.45) is 7.05 Å². The molecule has 0 radical (unpaired) electrons. The molecule has 2 aliphatic heterocycles. The molecule has 3 aromatic heterocycles. The van der Waals surface area contributed by atoms with Gasteiger partial charge in [0.05, 0.1) is 34.3 Å². The molecule has 6 rings (SSSR count). The minimum Gasteiger partial charge on any atom is -0.470 e. The number of hydrogen-bond acceptors (Lipinski definition) is 9. The van der Waals surface area contributed by atoms with Crippen molar-refractivity contribution in [3.05, 3.63) is 41.4 Å². The maximum atomic E-state index is 15.4. The molecule has 2 fully saturated rings. The molecule has 4 aromatic rings. The van der Waals surface area contributed by atoms with Gasteiger partial charge >= 0.3 is 6.18 Å². The molecular formula is C28H29F6N7O3S. The average molecular weight is 658 g/mol. The maximum absolute atomic E-state index is 15.4. The van der Waals surface area contributed by atoms with E-state index in [4.69, 9.17) is 9.26 Å². The van der Waals surface area contributed by atoms with E-state index in [9.17, 15) is 26.7 Å². The zero-order chi connectivity index (χ0) is 32.0. The van der Waals surface area contributed by atoms with Gasteiger partial charge in [-0.15, -0.1) is 16.4 Å². The highest BCUT2D eigenvalue weighted by molar-refractivity contribution is 7.23. The number of nitrogens with one attached hydrogen (secondary N) is 2. The van der Waals surface area contributed by atoms with Gasteiger partial charge in [0, 0.05) is 25.3 Å². The Morgan fingerprint density at radius 2 is 2.04 bits per heavy atom. The van der Waals surface area contributed by atoms with Crippen LogP contribution in [0.2, 0.25) is 0 Å². The maximum Gasteiger partial charge on any atom is 0.393 e. The summed E-state index contributed by atoms with van der Waals surface area (Å²) in [6.45, 7) is -1.26. The lowest BCUT2D eigenvalue weighted by Crippen LogP contribution is -2.53. The van der Waals surface area contributed by atoms with Crippen LogP contribution in [0.1, 0.15) is 41.1 Å². The molecule has 2 aliphatic rings. The van der Waals surface area contributed by atoms with Gasteiger partial charge in [-0.2, -0.15) is 18.2 Å². The van der Waals surface area contributed by atoms with Crippen molar-refractivity contribution in [3.63, 3.8) is 0 Å². The van der Waals surface area contributed by atoms with Crippen LogP contribution in [0.15, 0.2) is 28.9 Å². The first-order chi connectivity index (χ1) is 21.4. The first-order valence-corrected chi connectivity index (χ1v) is 15.0. The normalized spacial score (nSPS) is 22.0. The summed E-state index contributed by atoms with van der Waals surface area (Å²) >= 11 is 1.04. The van der Waals surface area contributed by atoms with Crippen molar-refractivity contribution < 1.29 is 40.4 Å². The summed E-state index contributed by atoms with van der Waals surface area (Å²) in [5.74, 6) is -1.22. The fourth-order valence-corrected chi connectivity index (χ4v) is 7.34. The van der Waals surface area contributed by atoms with Gasteiger partial charge in [-0.3, -0.25) is 14.4 Å². The van der Waals surface area contributed by atoms with Crippen molar-refractivity contribution in [3.8, 4) is 16.6 Å². The Bertz CT molecular complexity index is 1690.